The number of nitrogens with zero attached hydrogens (tertiary/aromatic N) is 4. The fraction of sp³-hybridized carbons (Fsp3) is 0.289. The average Bonchev–Trinajstić information content (AvgIpc) is 3.73. The highest BCUT2D eigenvalue weighted by Gasteiger charge is 2.42. The van der Waals surface area contributed by atoms with Crippen molar-refractivity contribution in [2.75, 3.05) is 41.7 Å². The average molecular weight is 769 g/mol. The van der Waals surface area contributed by atoms with Gasteiger partial charge in [-0.25, -0.2) is 0 Å². The van der Waals surface area contributed by atoms with E-state index < -0.39 is 24.3 Å². The van der Waals surface area contributed by atoms with Gasteiger partial charge in [-0.1, -0.05) is 24.3 Å². The molecule has 0 saturated heterocycles. The number of rotatable bonds is 14. The maximum atomic E-state index is 13.9. The van der Waals surface area contributed by atoms with Crippen molar-refractivity contribution >= 4 is 46.8 Å². The number of methoxy groups -OCH3 is 4. The number of unbranched alkanes of at least 4 members (excludes halogenated alkanes) is 2. The van der Waals surface area contributed by atoms with E-state index >= 15 is 0 Å². The molecule has 0 aromatic heterocycles. The van der Waals surface area contributed by atoms with Crippen LogP contribution in [0.5, 0.6) is 23.0 Å². The van der Waals surface area contributed by atoms with Crippen molar-refractivity contribution in [3.8, 4) is 23.0 Å². The van der Waals surface area contributed by atoms with Crippen LogP contribution in [-0.2, 0) is 9.47 Å². The maximum Gasteiger partial charge on any atom is 0.260 e. The van der Waals surface area contributed by atoms with Crippen molar-refractivity contribution in [3.63, 3.8) is 0 Å². The van der Waals surface area contributed by atoms with Crippen LogP contribution in [0.3, 0.4) is 0 Å². The van der Waals surface area contributed by atoms with Gasteiger partial charge in [-0.2, -0.15) is 0 Å². The molecule has 4 heterocycles. The molecule has 0 radical (unpaired) electrons. The highest BCUT2D eigenvalue weighted by atomic mass is 16.5. The largest absolute Gasteiger partial charge is 0.497 e. The first kappa shape index (κ1) is 37.7. The Hall–Kier alpha value is -6.24. The van der Waals surface area contributed by atoms with Crippen molar-refractivity contribution in [1.82, 2.24) is 9.80 Å². The van der Waals surface area contributed by atoms with Crippen LogP contribution >= 0.6 is 0 Å². The number of hydrogen-bond acceptors (Lipinski definition) is 10. The maximum absolute atomic E-state index is 13.9. The van der Waals surface area contributed by atoms with Crippen LogP contribution in [0.2, 0.25) is 0 Å². The lowest BCUT2D eigenvalue weighted by atomic mass is 9.99. The summed E-state index contributed by atoms with van der Waals surface area (Å²) in [6.45, 7) is 0.927. The zero-order valence-corrected chi connectivity index (χ0v) is 32.3. The predicted molar refractivity (Wildman–Crippen MR) is 217 cm³/mol. The second-order valence-corrected chi connectivity index (χ2v) is 14.0. The molecule has 12 nitrogen and oxygen atoms in total. The normalized spacial score (nSPS) is 20.5. The second-order valence-electron chi connectivity index (χ2n) is 14.0. The Kier molecular flexibility index (Phi) is 10.9. The van der Waals surface area contributed by atoms with E-state index in [9.17, 15) is 9.59 Å². The SMILES string of the molecule is COc1ccc(C2=CN3C(=O)c4cc(OC)ccc4N=C[C@H]3C2OCCCCCOC2C(c3ccc(OC)cc3)=CN3C(=O)c4cc(OC)ccc4N=C[C@@H]23)cc1. The molecule has 0 bridgehead atoms. The molecule has 4 aliphatic rings. The van der Waals surface area contributed by atoms with E-state index in [4.69, 9.17) is 38.4 Å². The number of ether oxygens (including phenoxy) is 6. The summed E-state index contributed by atoms with van der Waals surface area (Å²) in [6, 6.07) is 25.3. The minimum absolute atomic E-state index is 0.168. The molecular formula is C45H44N4O8. The van der Waals surface area contributed by atoms with Crippen molar-refractivity contribution < 1.29 is 38.0 Å². The summed E-state index contributed by atoms with van der Waals surface area (Å²) in [5, 5.41) is 0. The standard InChI is InChI=1S/C45H44N4O8/c1-52-30-12-8-28(9-13-30)36-26-48-40(24-46-38-18-16-32(54-3)22-34(38)44(48)50)42(36)56-20-6-5-7-21-57-43-37(29-10-14-31(53-2)15-11-29)27-49-41(43)25-47-39-19-17-33(55-4)23-35(39)45(49)51/h8-19,22-27,40-43H,5-7,20-21H2,1-4H3/t40-,41-,42?,43?/m0/s1. The third-order valence-electron chi connectivity index (χ3n) is 10.7. The molecule has 0 N–H and O–H groups in total. The minimum atomic E-state index is -0.434. The lowest BCUT2D eigenvalue weighted by Crippen LogP contribution is -2.41. The molecule has 2 unspecified atom stereocenters. The summed E-state index contributed by atoms with van der Waals surface area (Å²) in [7, 11) is 6.42. The molecule has 12 heteroatoms. The van der Waals surface area contributed by atoms with Gasteiger partial charge in [-0.3, -0.25) is 19.6 Å². The minimum Gasteiger partial charge on any atom is -0.497 e. The molecule has 4 aromatic carbocycles. The van der Waals surface area contributed by atoms with Gasteiger partial charge in [-0.15, -0.1) is 0 Å². The summed E-state index contributed by atoms with van der Waals surface area (Å²) >= 11 is 0. The fourth-order valence-electron chi connectivity index (χ4n) is 7.63. The number of carbonyl (C=O) groups is 2. The Bertz CT molecular complexity index is 2110. The molecule has 4 atom stereocenters. The Morgan fingerprint density at radius 1 is 0.509 bits per heavy atom. The quantitative estimate of drug-likeness (QED) is 0.121. The molecule has 292 valence electrons. The Morgan fingerprint density at radius 2 is 0.895 bits per heavy atom. The van der Waals surface area contributed by atoms with Crippen LogP contribution in [-0.4, -0.2) is 100.0 Å². The van der Waals surface area contributed by atoms with Gasteiger partial charge in [0, 0.05) is 49.2 Å². The molecule has 0 saturated carbocycles. The second kappa shape index (κ2) is 16.5. The highest BCUT2D eigenvalue weighted by molar-refractivity contribution is 6.06. The molecule has 0 aliphatic carbocycles. The Balaban J connectivity index is 0.936. The number of aliphatic imine (C=N–C) groups is 2. The van der Waals surface area contributed by atoms with Crippen LogP contribution < -0.4 is 18.9 Å². The van der Waals surface area contributed by atoms with Gasteiger partial charge in [-0.05, 0) is 91.1 Å². The molecular weight excluding hydrogens is 725 g/mol. The molecule has 0 spiro atoms. The highest BCUT2D eigenvalue weighted by Crippen LogP contribution is 2.40. The van der Waals surface area contributed by atoms with Crippen LogP contribution in [0.1, 0.15) is 51.1 Å². The van der Waals surface area contributed by atoms with Gasteiger partial charge >= 0.3 is 0 Å². The van der Waals surface area contributed by atoms with E-state index in [2.05, 4.69) is 0 Å². The molecule has 8 rings (SSSR count). The first-order chi connectivity index (χ1) is 27.9. The number of benzene rings is 4. The summed E-state index contributed by atoms with van der Waals surface area (Å²) in [5.74, 6) is 2.33. The smallest absolute Gasteiger partial charge is 0.260 e. The molecule has 4 aliphatic heterocycles. The van der Waals surface area contributed by atoms with Crippen molar-refractivity contribution in [2.45, 2.75) is 43.6 Å². The zero-order chi connectivity index (χ0) is 39.5. The summed E-state index contributed by atoms with van der Waals surface area (Å²) < 4.78 is 34.8. The zero-order valence-electron chi connectivity index (χ0n) is 32.3. The van der Waals surface area contributed by atoms with Gasteiger partial charge in [0.25, 0.3) is 11.8 Å². The topological polar surface area (TPSA) is 121 Å². The van der Waals surface area contributed by atoms with Gasteiger partial charge in [0.05, 0.1) is 50.9 Å². The van der Waals surface area contributed by atoms with Crippen LogP contribution in [0.4, 0.5) is 11.4 Å². The number of carbonyl (C=O) groups excluding carboxylic acids is 2. The fourth-order valence-corrected chi connectivity index (χ4v) is 7.63. The van der Waals surface area contributed by atoms with Gasteiger partial charge in [0.1, 0.15) is 47.3 Å². The van der Waals surface area contributed by atoms with E-state index in [0.717, 1.165) is 53.0 Å². The van der Waals surface area contributed by atoms with E-state index in [-0.39, 0.29) is 11.8 Å². The summed E-state index contributed by atoms with van der Waals surface area (Å²) in [5.41, 5.74) is 5.77. The van der Waals surface area contributed by atoms with Crippen molar-refractivity contribution in [3.05, 3.63) is 120 Å². The van der Waals surface area contributed by atoms with E-state index in [1.165, 1.54) is 0 Å². The number of amides is 2. The van der Waals surface area contributed by atoms with Gasteiger partial charge in [0.2, 0.25) is 0 Å². The van der Waals surface area contributed by atoms with Crippen LogP contribution in [0, 0.1) is 0 Å². The summed E-state index contributed by atoms with van der Waals surface area (Å²) in [6.07, 6.45) is 8.86. The van der Waals surface area contributed by atoms with Gasteiger partial charge < -0.3 is 38.2 Å². The molecule has 0 fully saturated rings. The number of fused-ring (bicyclic) bond motifs is 4. The monoisotopic (exact) mass is 768 g/mol. The van der Waals surface area contributed by atoms with Crippen LogP contribution in [0.25, 0.3) is 11.1 Å². The molecule has 57 heavy (non-hydrogen) atoms. The van der Waals surface area contributed by atoms with E-state index in [0.29, 0.717) is 47.2 Å². The third kappa shape index (κ3) is 7.41. The van der Waals surface area contributed by atoms with Crippen molar-refractivity contribution in [2.24, 2.45) is 9.98 Å². The van der Waals surface area contributed by atoms with Crippen LogP contribution in [0.15, 0.2) is 107 Å². The predicted octanol–water partition coefficient (Wildman–Crippen LogP) is 7.52. The van der Waals surface area contributed by atoms with Crippen molar-refractivity contribution in [1.29, 1.82) is 0 Å². The lowest BCUT2D eigenvalue weighted by molar-refractivity contribution is 0.0476. The first-order valence-corrected chi connectivity index (χ1v) is 19.0. The Morgan fingerprint density at radius 3 is 1.28 bits per heavy atom. The van der Waals surface area contributed by atoms with E-state index in [1.807, 2.05) is 60.9 Å². The van der Waals surface area contributed by atoms with Gasteiger partial charge in [0.15, 0.2) is 0 Å². The molecule has 4 aromatic rings. The molecule has 2 amide bonds. The first-order valence-electron chi connectivity index (χ1n) is 19.0. The third-order valence-corrected chi connectivity index (χ3v) is 10.7. The Labute approximate surface area is 331 Å². The summed E-state index contributed by atoms with van der Waals surface area (Å²) in [4.78, 5) is 40.7. The number of hydrogen-bond donors (Lipinski definition) is 0. The van der Waals surface area contributed by atoms with E-state index in [1.54, 1.807) is 87.1 Å². The lowest BCUT2D eigenvalue weighted by Gasteiger charge is -2.25.